The molecule has 1 aliphatic rings. The maximum Gasteiger partial charge on any atom is 0.151 e. The molecular weight excluding hydrogens is 260 g/mol. The number of hydrogen-bond acceptors (Lipinski definition) is 4. The molecule has 0 spiro atoms. The molecule has 0 amide bonds. The van der Waals surface area contributed by atoms with Crippen LogP contribution in [0.5, 0.6) is 0 Å². The number of hydrazine groups is 1. The van der Waals surface area contributed by atoms with E-state index in [1.165, 1.54) is 0 Å². The molecule has 1 aliphatic heterocycles. The Morgan fingerprint density at radius 1 is 1.28 bits per heavy atom. The number of ether oxygens (including phenoxy) is 1. The Morgan fingerprint density at radius 3 is 2.33 bits per heavy atom. The van der Waals surface area contributed by atoms with E-state index in [0.717, 1.165) is 12.1 Å². The van der Waals surface area contributed by atoms with E-state index in [1.807, 2.05) is 0 Å². The second kappa shape index (κ2) is 5.55. The van der Waals surface area contributed by atoms with Crippen LogP contribution >= 0.6 is 12.2 Å². The predicted molar refractivity (Wildman–Crippen MR) is 68.3 cm³/mol. The van der Waals surface area contributed by atoms with Gasteiger partial charge in [0, 0.05) is 18.7 Å². The fraction of sp³-hybridized carbons (Fsp3) is 0.364. The third kappa shape index (κ3) is 2.92. The van der Waals surface area contributed by atoms with Crippen molar-refractivity contribution in [2.45, 2.75) is 0 Å². The van der Waals surface area contributed by atoms with Crippen LogP contribution in [-0.2, 0) is 4.74 Å². The van der Waals surface area contributed by atoms with Gasteiger partial charge in [-0.25, -0.2) is 13.8 Å². The Balaban J connectivity index is 2.19. The summed E-state index contributed by atoms with van der Waals surface area (Å²) in [5.41, 5.74) is 8.02. The number of nitrogens with two attached hydrogens (primary N) is 1. The minimum absolute atomic E-state index is 0.0364. The van der Waals surface area contributed by atoms with Crippen LogP contribution in [0.25, 0.3) is 0 Å². The molecule has 98 valence electrons. The van der Waals surface area contributed by atoms with Gasteiger partial charge in [-0.2, -0.15) is 0 Å². The second-order valence-corrected chi connectivity index (χ2v) is 4.33. The van der Waals surface area contributed by atoms with Crippen molar-refractivity contribution in [3.8, 4) is 0 Å². The lowest BCUT2D eigenvalue weighted by Crippen LogP contribution is -2.40. The highest BCUT2D eigenvalue weighted by atomic mass is 32.1. The van der Waals surface area contributed by atoms with Crippen molar-refractivity contribution in [2.75, 3.05) is 31.7 Å². The largest absolute Gasteiger partial charge is 0.389 e. The van der Waals surface area contributed by atoms with Crippen molar-refractivity contribution in [3.05, 3.63) is 29.3 Å². The van der Waals surface area contributed by atoms with Gasteiger partial charge in [-0.3, -0.25) is 0 Å². The van der Waals surface area contributed by atoms with E-state index in [2.05, 4.69) is 17.6 Å². The number of halogens is 2. The van der Waals surface area contributed by atoms with Gasteiger partial charge in [0.15, 0.2) is 11.6 Å². The van der Waals surface area contributed by atoms with Crippen LogP contribution in [0.2, 0.25) is 0 Å². The van der Waals surface area contributed by atoms with E-state index in [-0.39, 0.29) is 16.2 Å². The molecule has 1 fully saturated rings. The Hall–Kier alpha value is -1.31. The molecule has 0 atom stereocenters. The van der Waals surface area contributed by atoms with Gasteiger partial charge in [0.25, 0.3) is 0 Å². The van der Waals surface area contributed by atoms with E-state index < -0.39 is 11.6 Å². The van der Waals surface area contributed by atoms with Gasteiger partial charge in [0.05, 0.1) is 13.2 Å². The molecule has 0 unspecified atom stereocenters. The van der Waals surface area contributed by atoms with Gasteiger partial charge in [0.1, 0.15) is 10.7 Å². The number of benzene rings is 1. The third-order valence-electron chi connectivity index (χ3n) is 2.61. The molecule has 4 nitrogen and oxygen atoms in total. The summed E-state index contributed by atoms with van der Waals surface area (Å²) in [6.45, 7) is 2.19. The van der Waals surface area contributed by atoms with Crippen LogP contribution in [0.3, 0.4) is 0 Å². The fourth-order valence-electron chi connectivity index (χ4n) is 1.66. The van der Waals surface area contributed by atoms with E-state index in [1.54, 1.807) is 5.01 Å². The maximum absolute atomic E-state index is 13.8. The standard InChI is InChI=1S/C11H13F2N3OS/c12-8-5-7(11(14)18)6-9(13)10(8)15-16-1-3-17-4-2-16/h5-6,15H,1-4H2,(H2,14,18). The Kier molecular flexibility index (Phi) is 4.05. The summed E-state index contributed by atoms with van der Waals surface area (Å²) in [5, 5.41) is 1.70. The van der Waals surface area contributed by atoms with Gasteiger partial charge >= 0.3 is 0 Å². The molecule has 1 saturated heterocycles. The highest BCUT2D eigenvalue weighted by molar-refractivity contribution is 7.80. The summed E-state index contributed by atoms with van der Waals surface area (Å²) in [4.78, 5) is -0.0364. The van der Waals surface area contributed by atoms with Gasteiger partial charge in [-0.15, -0.1) is 0 Å². The fourth-order valence-corrected chi connectivity index (χ4v) is 1.77. The van der Waals surface area contributed by atoms with Crippen LogP contribution in [0.4, 0.5) is 14.5 Å². The summed E-state index contributed by atoms with van der Waals surface area (Å²) >= 11 is 4.68. The molecule has 1 aromatic rings. The quantitative estimate of drug-likeness (QED) is 0.812. The van der Waals surface area contributed by atoms with Crippen molar-refractivity contribution in [3.63, 3.8) is 0 Å². The molecular formula is C11H13F2N3OS. The van der Waals surface area contributed by atoms with E-state index in [4.69, 9.17) is 10.5 Å². The topological polar surface area (TPSA) is 50.5 Å². The minimum atomic E-state index is -0.718. The van der Waals surface area contributed by atoms with Gasteiger partial charge in [-0.05, 0) is 12.1 Å². The van der Waals surface area contributed by atoms with Crippen LogP contribution in [-0.4, -0.2) is 36.3 Å². The normalized spacial score (nSPS) is 16.6. The lowest BCUT2D eigenvalue weighted by atomic mass is 10.2. The SMILES string of the molecule is NC(=S)c1cc(F)c(NN2CCOCC2)c(F)c1. The number of hydrogen-bond donors (Lipinski definition) is 2. The molecule has 1 aromatic carbocycles. The molecule has 0 radical (unpaired) electrons. The summed E-state index contributed by atoms with van der Waals surface area (Å²) in [7, 11) is 0. The molecule has 1 heterocycles. The number of morpholine rings is 1. The Bertz CT molecular complexity index is 441. The number of nitrogens with one attached hydrogen (secondary N) is 1. The molecule has 0 aromatic heterocycles. The van der Waals surface area contributed by atoms with Crippen molar-refractivity contribution < 1.29 is 13.5 Å². The van der Waals surface area contributed by atoms with Gasteiger partial charge < -0.3 is 15.9 Å². The van der Waals surface area contributed by atoms with Crippen LogP contribution < -0.4 is 11.2 Å². The molecule has 3 N–H and O–H groups in total. The average molecular weight is 273 g/mol. The monoisotopic (exact) mass is 273 g/mol. The predicted octanol–water partition coefficient (Wildman–Crippen LogP) is 1.26. The van der Waals surface area contributed by atoms with Crippen molar-refractivity contribution >= 4 is 22.9 Å². The number of anilines is 1. The lowest BCUT2D eigenvalue weighted by molar-refractivity contribution is 0.0493. The Labute approximate surface area is 109 Å². The first kappa shape index (κ1) is 13.1. The first-order valence-electron chi connectivity index (χ1n) is 5.46. The molecule has 0 aliphatic carbocycles. The van der Waals surface area contributed by atoms with E-state index >= 15 is 0 Å². The van der Waals surface area contributed by atoms with Crippen LogP contribution in [0.15, 0.2) is 12.1 Å². The van der Waals surface area contributed by atoms with Gasteiger partial charge in [0.2, 0.25) is 0 Å². The summed E-state index contributed by atoms with van der Waals surface area (Å²) in [6, 6.07) is 2.24. The number of rotatable bonds is 3. The van der Waals surface area contributed by atoms with Crippen molar-refractivity contribution in [1.82, 2.24) is 5.01 Å². The molecule has 0 saturated carbocycles. The lowest BCUT2D eigenvalue weighted by Gasteiger charge is -2.28. The third-order valence-corrected chi connectivity index (χ3v) is 2.84. The highest BCUT2D eigenvalue weighted by Crippen LogP contribution is 2.21. The summed E-state index contributed by atoms with van der Waals surface area (Å²) < 4.78 is 32.6. The number of thiocarbonyl (C=S) groups is 1. The number of nitrogens with zero attached hydrogens (tertiary/aromatic N) is 1. The van der Waals surface area contributed by atoms with Crippen molar-refractivity contribution in [1.29, 1.82) is 0 Å². The van der Waals surface area contributed by atoms with E-state index in [9.17, 15) is 8.78 Å². The summed E-state index contributed by atoms with van der Waals surface area (Å²) in [6.07, 6.45) is 0. The zero-order valence-corrected chi connectivity index (χ0v) is 10.4. The first-order chi connectivity index (χ1) is 8.58. The molecule has 0 bridgehead atoms. The van der Waals surface area contributed by atoms with Crippen molar-refractivity contribution in [2.24, 2.45) is 5.73 Å². The van der Waals surface area contributed by atoms with E-state index in [0.29, 0.717) is 26.3 Å². The zero-order valence-electron chi connectivity index (χ0n) is 9.58. The maximum atomic E-state index is 13.8. The molecule has 7 heteroatoms. The minimum Gasteiger partial charge on any atom is -0.389 e. The molecule has 18 heavy (non-hydrogen) atoms. The zero-order chi connectivity index (χ0) is 13.1. The summed E-state index contributed by atoms with van der Waals surface area (Å²) in [5.74, 6) is -1.44. The average Bonchev–Trinajstić information content (AvgIpc) is 2.34. The van der Waals surface area contributed by atoms with Crippen LogP contribution in [0, 0.1) is 11.6 Å². The smallest absolute Gasteiger partial charge is 0.151 e. The second-order valence-electron chi connectivity index (χ2n) is 3.89. The Morgan fingerprint density at radius 2 is 1.83 bits per heavy atom. The van der Waals surface area contributed by atoms with Crippen LogP contribution in [0.1, 0.15) is 5.56 Å². The van der Waals surface area contributed by atoms with Gasteiger partial charge in [-0.1, -0.05) is 12.2 Å². The first-order valence-corrected chi connectivity index (χ1v) is 5.87. The molecule has 2 rings (SSSR count). The highest BCUT2D eigenvalue weighted by Gasteiger charge is 2.16.